The minimum absolute atomic E-state index is 0.241. The topological polar surface area (TPSA) is 52.2 Å². The summed E-state index contributed by atoms with van der Waals surface area (Å²) in [7, 11) is 0. The molecular formula is C16H20N4O. The summed E-state index contributed by atoms with van der Waals surface area (Å²) in [5.41, 5.74) is 1.12. The first kappa shape index (κ1) is 13.7. The molecule has 3 rings (SSSR count). The second kappa shape index (κ2) is 6.43. The van der Waals surface area contributed by atoms with Crippen LogP contribution in [0.5, 0.6) is 0 Å². The molecule has 1 fully saturated rings. The number of H-pyrrole nitrogens is 1. The number of hydrogen-bond acceptors (Lipinski definition) is 3. The van der Waals surface area contributed by atoms with Gasteiger partial charge in [0.2, 0.25) is 5.91 Å². The Morgan fingerprint density at radius 3 is 2.67 bits per heavy atom. The molecule has 0 aliphatic carbocycles. The molecule has 1 aliphatic rings. The quantitative estimate of drug-likeness (QED) is 0.929. The summed E-state index contributed by atoms with van der Waals surface area (Å²) in [5.74, 6) is 1.24. The minimum atomic E-state index is 0.241. The first-order valence-corrected chi connectivity index (χ1v) is 7.39. The van der Waals surface area contributed by atoms with E-state index in [1.807, 2.05) is 47.6 Å². The van der Waals surface area contributed by atoms with Gasteiger partial charge in [0.1, 0.15) is 5.82 Å². The lowest BCUT2D eigenvalue weighted by molar-refractivity contribution is -0.131. The van der Waals surface area contributed by atoms with E-state index in [2.05, 4.69) is 14.9 Å². The average molecular weight is 284 g/mol. The maximum atomic E-state index is 12.2. The van der Waals surface area contributed by atoms with Gasteiger partial charge in [0.25, 0.3) is 0 Å². The lowest BCUT2D eigenvalue weighted by Gasteiger charge is -2.35. The summed E-state index contributed by atoms with van der Waals surface area (Å²) < 4.78 is 0. The molecule has 110 valence electrons. The van der Waals surface area contributed by atoms with Gasteiger partial charge >= 0.3 is 0 Å². The van der Waals surface area contributed by atoms with E-state index in [0.717, 1.165) is 44.1 Å². The number of carbonyl (C=O) groups excluding carboxylic acids is 1. The molecule has 3 heterocycles. The number of nitrogens with zero attached hydrogens (tertiary/aromatic N) is 3. The van der Waals surface area contributed by atoms with Crippen LogP contribution < -0.4 is 4.90 Å². The molecule has 0 saturated carbocycles. The first-order valence-electron chi connectivity index (χ1n) is 7.39. The maximum absolute atomic E-state index is 12.2. The van der Waals surface area contributed by atoms with Crippen molar-refractivity contribution in [2.24, 2.45) is 0 Å². The SMILES string of the molecule is O=C(CCc1ccc[nH]1)N1CCN(c2ccccn2)CC1. The summed E-state index contributed by atoms with van der Waals surface area (Å²) in [6.45, 7) is 3.26. The number of amides is 1. The van der Waals surface area contributed by atoms with E-state index in [4.69, 9.17) is 0 Å². The highest BCUT2D eigenvalue weighted by Gasteiger charge is 2.21. The fourth-order valence-corrected chi connectivity index (χ4v) is 2.65. The molecule has 0 unspecified atom stereocenters. The van der Waals surface area contributed by atoms with Crippen LogP contribution in [0.3, 0.4) is 0 Å². The third-order valence-electron chi connectivity index (χ3n) is 3.88. The van der Waals surface area contributed by atoms with Crippen LogP contribution in [-0.2, 0) is 11.2 Å². The second-order valence-electron chi connectivity index (χ2n) is 5.25. The lowest BCUT2D eigenvalue weighted by atomic mass is 10.2. The molecule has 0 bridgehead atoms. The van der Waals surface area contributed by atoms with Crippen LogP contribution in [0.1, 0.15) is 12.1 Å². The van der Waals surface area contributed by atoms with Gasteiger partial charge < -0.3 is 14.8 Å². The summed E-state index contributed by atoms with van der Waals surface area (Å²) in [5, 5.41) is 0. The minimum Gasteiger partial charge on any atom is -0.365 e. The third-order valence-corrected chi connectivity index (χ3v) is 3.88. The number of piperazine rings is 1. The zero-order chi connectivity index (χ0) is 14.5. The maximum Gasteiger partial charge on any atom is 0.223 e. The van der Waals surface area contributed by atoms with Crippen LogP contribution >= 0.6 is 0 Å². The number of pyridine rings is 1. The predicted octanol–water partition coefficient (Wildman–Crippen LogP) is 1.69. The molecule has 1 aliphatic heterocycles. The van der Waals surface area contributed by atoms with E-state index in [1.54, 1.807) is 0 Å². The molecular weight excluding hydrogens is 264 g/mol. The Hall–Kier alpha value is -2.30. The highest BCUT2D eigenvalue weighted by atomic mass is 16.2. The van der Waals surface area contributed by atoms with Crippen molar-refractivity contribution < 1.29 is 4.79 Å². The van der Waals surface area contributed by atoms with Crippen LogP contribution in [0.4, 0.5) is 5.82 Å². The summed E-state index contributed by atoms with van der Waals surface area (Å²) in [4.78, 5) is 23.9. The van der Waals surface area contributed by atoms with Gasteiger partial charge in [-0.2, -0.15) is 0 Å². The number of aromatic nitrogens is 2. The molecule has 2 aromatic rings. The molecule has 0 atom stereocenters. The zero-order valence-corrected chi connectivity index (χ0v) is 12.0. The fraction of sp³-hybridized carbons (Fsp3) is 0.375. The van der Waals surface area contributed by atoms with Crippen LogP contribution in [0, 0.1) is 0 Å². The van der Waals surface area contributed by atoms with Crippen molar-refractivity contribution in [3.63, 3.8) is 0 Å². The van der Waals surface area contributed by atoms with Crippen molar-refractivity contribution in [2.75, 3.05) is 31.1 Å². The predicted molar refractivity (Wildman–Crippen MR) is 82.1 cm³/mol. The fourth-order valence-electron chi connectivity index (χ4n) is 2.65. The van der Waals surface area contributed by atoms with E-state index < -0.39 is 0 Å². The number of aryl methyl sites for hydroxylation is 1. The van der Waals surface area contributed by atoms with Crippen molar-refractivity contribution in [1.29, 1.82) is 0 Å². The molecule has 5 heteroatoms. The van der Waals surface area contributed by atoms with Crippen LogP contribution in [0.2, 0.25) is 0 Å². The highest BCUT2D eigenvalue weighted by molar-refractivity contribution is 5.76. The standard InChI is InChI=1S/C16H20N4O/c21-16(7-6-14-4-3-9-17-14)20-12-10-19(11-13-20)15-5-1-2-8-18-15/h1-5,8-9,17H,6-7,10-13H2. The number of anilines is 1. The highest BCUT2D eigenvalue weighted by Crippen LogP contribution is 2.13. The van der Waals surface area contributed by atoms with Crippen molar-refractivity contribution in [1.82, 2.24) is 14.9 Å². The first-order chi connectivity index (χ1) is 10.3. The Balaban J connectivity index is 1.48. The third kappa shape index (κ3) is 3.42. The van der Waals surface area contributed by atoms with Crippen molar-refractivity contribution in [3.05, 3.63) is 48.4 Å². The van der Waals surface area contributed by atoms with Crippen LogP contribution in [-0.4, -0.2) is 47.0 Å². The molecule has 2 aromatic heterocycles. The molecule has 0 radical (unpaired) electrons. The van der Waals surface area contributed by atoms with Gasteiger partial charge in [0, 0.05) is 50.7 Å². The molecule has 21 heavy (non-hydrogen) atoms. The van der Waals surface area contributed by atoms with E-state index in [0.29, 0.717) is 6.42 Å². The number of carbonyl (C=O) groups is 1. The van der Waals surface area contributed by atoms with Gasteiger partial charge in [-0.05, 0) is 30.7 Å². The van der Waals surface area contributed by atoms with Crippen molar-refractivity contribution in [2.45, 2.75) is 12.8 Å². The summed E-state index contributed by atoms with van der Waals surface area (Å²) in [6, 6.07) is 9.92. The summed E-state index contributed by atoms with van der Waals surface area (Å²) in [6.07, 6.45) is 5.06. The number of aromatic amines is 1. The van der Waals surface area contributed by atoms with Gasteiger partial charge in [0.15, 0.2) is 0 Å². The Morgan fingerprint density at radius 2 is 2.00 bits per heavy atom. The largest absolute Gasteiger partial charge is 0.365 e. The van der Waals surface area contributed by atoms with E-state index in [-0.39, 0.29) is 5.91 Å². The van der Waals surface area contributed by atoms with Gasteiger partial charge in [-0.25, -0.2) is 4.98 Å². The smallest absolute Gasteiger partial charge is 0.223 e. The van der Waals surface area contributed by atoms with Gasteiger partial charge in [-0.1, -0.05) is 6.07 Å². The zero-order valence-electron chi connectivity index (χ0n) is 12.0. The van der Waals surface area contributed by atoms with Gasteiger partial charge in [0.05, 0.1) is 0 Å². The van der Waals surface area contributed by atoms with E-state index in [1.165, 1.54) is 0 Å². The molecule has 0 aromatic carbocycles. The monoisotopic (exact) mass is 284 g/mol. The average Bonchev–Trinajstić information content (AvgIpc) is 3.07. The van der Waals surface area contributed by atoms with Crippen LogP contribution in [0.25, 0.3) is 0 Å². The number of hydrogen-bond donors (Lipinski definition) is 1. The molecule has 1 saturated heterocycles. The Bertz CT molecular complexity index is 559. The normalized spacial score (nSPS) is 15.2. The van der Waals surface area contributed by atoms with Crippen molar-refractivity contribution in [3.8, 4) is 0 Å². The number of nitrogens with one attached hydrogen (secondary N) is 1. The number of rotatable bonds is 4. The van der Waals surface area contributed by atoms with Crippen LogP contribution in [0.15, 0.2) is 42.7 Å². The van der Waals surface area contributed by atoms with Crippen molar-refractivity contribution >= 4 is 11.7 Å². The lowest BCUT2D eigenvalue weighted by Crippen LogP contribution is -2.49. The molecule has 1 N–H and O–H groups in total. The Kier molecular flexibility index (Phi) is 4.19. The van der Waals surface area contributed by atoms with E-state index in [9.17, 15) is 4.79 Å². The second-order valence-corrected chi connectivity index (χ2v) is 5.25. The molecule has 5 nitrogen and oxygen atoms in total. The van der Waals surface area contributed by atoms with Gasteiger partial charge in [-0.15, -0.1) is 0 Å². The molecule has 0 spiro atoms. The van der Waals surface area contributed by atoms with E-state index >= 15 is 0 Å². The Labute approximate surface area is 124 Å². The Morgan fingerprint density at radius 1 is 1.14 bits per heavy atom. The summed E-state index contributed by atoms with van der Waals surface area (Å²) >= 11 is 0. The molecule has 1 amide bonds. The van der Waals surface area contributed by atoms with Gasteiger partial charge in [-0.3, -0.25) is 4.79 Å².